The summed E-state index contributed by atoms with van der Waals surface area (Å²) >= 11 is 0. The van der Waals surface area contributed by atoms with E-state index in [1.807, 2.05) is 0 Å². The molecule has 128 valence electrons. The number of nitrogens with zero attached hydrogens (tertiary/aromatic N) is 1. The third kappa shape index (κ3) is 5.63. The second-order valence-electron chi connectivity index (χ2n) is 6.20. The number of carbonyl (C=O) groups excluding carboxylic acids is 3. The molecule has 3 amide bonds. The third-order valence-electron chi connectivity index (χ3n) is 2.58. The first-order valence-corrected chi connectivity index (χ1v) is 6.67. The van der Waals surface area contributed by atoms with E-state index in [1.165, 1.54) is 13.8 Å². The van der Waals surface area contributed by atoms with Crippen molar-refractivity contribution in [3.63, 3.8) is 0 Å². The van der Waals surface area contributed by atoms with Gasteiger partial charge in [0.2, 0.25) is 11.8 Å². The second-order valence-corrected chi connectivity index (χ2v) is 6.20. The fraction of sp³-hybridized carbons (Fsp3) is 0.769. The molecule has 0 aliphatic carbocycles. The zero-order valence-electron chi connectivity index (χ0n) is 13.2. The number of nitrogens with two attached hydrogens (primary N) is 1. The number of carbonyl (C=O) groups is 3. The molecule has 6 nitrogen and oxygen atoms in total. The van der Waals surface area contributed by atoms with Crippen molar-refractivity contribution in [2.45, 2.75) is 52.4 Å². The SMILES string of the molecule is CC(C)[C@H](C(=O)NC(C)(C)C)N(C(=O)CN)C(=O)C(F)(F)F. The van der Waals surface area contributed by atoms with Crippen LogP contribution in [0, 0.1) is 5.92 Å². The number of hydrogen-bond donors (Lipinski definition) is 2. The van der Waals surface area contributed by atoms with E-state index in [1.54, 1.807) is 20.8 Å². The minimum atomic E-state index is -5.28. The lowest BCUT2D eigenvalue weighted by molar-refractivity contribution is -0.191. The minimum Gasteiger partial charge on any atom is -0.350 e. The summed E-state index contributed by atoms with van der Waals surface area (Å²) in [6.07, 6.45) is -5.28. The molecule has 1 atom stereocenters. The van der Waals surface area contributed by atoms with Crippen molar-refractivity contribution in [1.29, 1.82) is 0 Å². The van der Waals surface area contributed by atoms with E-state index >= 15 is 0 Å². The van der Waals surface area contributed by atoms with E-state index in [9.17, 15) is 27.6 Å². The van der Waals surface area contributed by atoms with Crippen LogP contribution in [0.4, 0.5) is 13.2 Å². The molecule has 22 heavy (non-hydrogen) atoms. The third-order valence-corrected chi connectivity index (χ3v) is 2.58. The first kappa shape index (κ1) is 20.4. The number of halogens is 3. The number of amides is 3. The van der Waals surface area contributed by atoms with Gasteiger partial charge in [-0.1, -0.05) is 13.8 Å². The average Bonchev–Trinajstić information content (AvgIpc) is 2.29. The van der Waals surface area contributed by atoms with E-state index in [-0.39, 0.29) is 4.90 Å². The molecule has 0 spiro atoms. The molecule has 0 unspecified atom stereocenters. The Morgan fingerprint density at radius 3 is 1.86 bits per heavy atom. The summed E-state index contributed by atoms with van der Waals surface area (Å²) in [5, 5.41) is 2.47. The maximum atomic E-state index is 12.7. The van der Waals surface area contributed by atoms with Crippen LogP contribution >= 0.6 is 0 Å². The molecule has 0 aromatic rings. The standard InChI is InChI=1S/C13H22F3N3O3/c1-7(2)9(10(21)18-12(3,4)5)19(8(20)6-17)11(22)13(14,15)16/h7,9H,6,17H2,1-5H3,(H,18,21)/t9-/m1/s1. The second kappa shape index (κ2) is 7.08. The number of hydrogen-bond acceptors (Lipinski definition) is 4. The number of imide groups is 1. The molecular formula is C13H22F3N3O3. The minimum absolute atomic E-state index is 0.0915. The molecule has 3 N–H and O–H groups in total. The predicted octanol–water partition coefficient (Wildman–Crippen LogP) is 0.802. The molecule has 0 bridgehead atoms. The van der Waals surface area contributed by atoms with Crippen molar-refractivity contribution in [1.82, 2.24) is 10.2 Å². The van der Waals surface area contributed by atoms with Gasteiger partial charge in [-0.05, 0) is 26.7 Å². The first-order valence-electron chi connectivity index (χ1n) is 6.67. The largest absolute Gasteiger partial charge is 0.471 e. The lowest BCUT2D eigenvalue weighted by Crippen LogP contribution is -2.60. The zero-order valence-corrected chi connectivity index (χ0v) is 13.2. The molecule has 0 aromatic heterocycles. The summed E-state index contributed by atoms with van der Waals surface area (Å²) in [6.45, 7) is 6.95. The van der Waals surface area contributed by atoms with E-state index in [4.69, 9.17) is 5.73 Å². The molecule has 0 saturated carbocycles. The molecule has 0 aliphatic rings. The van der Waals surface area contributed by atoms with Gasteiger partial charge in [-0.2, -0.15) is 13.2 Å². The molecule has 0 fully saturated rings. The Hall–Kier alpha value is -1.64. The van der Waals surface area contributed by atoms with Crippen LogP contribution in [0.5, 0.6) is 0 Å². The summed E-state index contributed by atoms with van der Waals surface area (Å²) in [4.78, 5) is 35.4. The Morgan fingerprint density at radius 1 is 1.14 bits per heavy atom. The van der Waals surface area contributed by atoms with Crippen LogP contribution in [0.15, 0.2) is 0 Å². The van der Waals surface area contributed by atoms with Crippen molar-refractivity contribution in [2.24, 2.45) is 11.7 Å². The van der Waals surface area contributed by atoms with Crippen LogP contribution in [-0.2, 0) is 14.4 Å². The monoisotopic (exact) mass is 325 g/mol. The smallest absolute Gasteiger partial charge is 0.350 e. The van der Waals surface area contributed by atoms with Crippen molar-refractivity contribution < 1.29 is 27.6 Å². The molecule has 0 heterocycles. The quantitative estimate of drug-likeness (QED) is 0.800. The van der Waals surface area contributed by atoms with Gasteiger partial charge < -0.3 is 11.1 Å². The van der Waals surface area contributed by atoms with Crippen molar-refractivity contribution in [3.05, 3.63) is 0 Å². The maximum absolute atomic E-state index is 12.7. The van der Waals surface area contributed by atoms with Crippen molar-refractivity contribution in [2.75, 3.05) is 6.54 Å². The fourth-order valence-corrected chi connectivity index (χ4v) is 1.79. The Bertz CT molecular complexity index is 442. The molecule has 9 heteroatoms. The van der Waals surface area contributed by atoms with Crippen molar-refractivity contribution in [3.8, 4) is 0 Å². The summed E-state index contributed by atoms with van der Waals surface area (Å²) < 4.78 is 38.1. The van der Waals surface area contributed by atoms with E-state index in [0.717, 1.165) is 0 Å². The van der Waals surface area contributed by atoms with Gasteiger partial charge in [0.1, 0.15) is 6.04 Å². The Morgan fingerprint density at radius 2 is 1.59 bits per heavy atom. The molecule has 0 saturated heterocycles. The maximum Gasteiger partial charge on any atom is 0.471 e. The van der Waals surface area contributed by atoms with Crippen molar-refractivity contribution >= 4 is 17.7 Å². The predicted molar refractivity (Wildman–Crippen MR) is 73.5 cm³/mol. The van der Waals surface area contributed by atoms with E-state index in [0.29, 0.717) is 0 Å². The van der Waals surface area contributed by atoms with Gasteiger partial charge in [0, 0.05) is 5.54 Å². The van der Waals surface area contributed by atoms with Crippen LogP contribution in [-0.4, -0.2) is 46.9 Å². The molecular weight excluding hydrogens is 303 g/mol. The molecule has 0 radical (unpaired) electrons. The lowest BCUT2D eigenvalue weighted by atomic mass is 9.99. The van der Waals surface area contributed by atoms with Crippen LogP contribution in [0.25, 0.3) is 0 Å². The van der Waals surface area contributed by atoms with Gasteiger partial charge in [0.25, 0.3) is 0 Å². The Labute approximate surface area is 127 Å². The topological polar surface area (TPSA) is 92.5 Å². The van der Waals surface area contributed by atoms with Gasteiger partial charge in [0.05, 0.1) is 6.54 Å². The highest BCUT2D eigenvalue weighted by Gasteiger charge is 2.49. The summed E-state index contributed by atoms with van der Waals surface area (Å²) in [7, 11) is 0. The number of nitrogens with one attached hydrogen (secondary N) is 1. The summed E-state index contributed by atoms with van der Waals surface area (Å²) in [5.41, 5.74) is 4.34. The fourth-order valence-electron chi connectivity index (χ4n) is 1.79. The average molecular weight is 325 g/mol. The normalized spacial score (nSPS) is 13.7. The van der Waals surface area contributed by atoms with Crippen LogP contribution in [0.1, 0.15) is 34.6 Å². The molecule has 0 aromatic carbocycles. The van der Waals surface area contributed by atoms with Gasteiger partial charge in [0.15, 0.2) is 0 Å². The Kier molecular flexibility index (Phi) is 6.55. The van der Waals surface area contributed by atoms with Gasteiger partial charge in [-0.3, -0.25) is 19.3 Å². The van der Waals surface area contributed by atoms with E-state index in [2.05, 4.69) is 5.32 Å². The summed E-state index contributed by atoms with van der Waals surface area (Å²) in [5.74, 6) is -5.22. The summed E-state index contributed by atoms with van der Waals surface area (Å²) in [6, 6.07) is -1.59. The molecule has 0 aliphatic heterocycles. The highest BCUT2D eigenvalue weighted by atomic mass is 19.4. The highest BCUT2D eigenvalue weighted by molar-refractivity contribution is 6.03. The van der Waals surface area contributed by atoms with Crippen LogP contribution < -0.4 is 11.1 Å². The number of rotatable bonds is 4. The van der Waals surface area contributed by atoms with Crippen LogP contribution in [0.2, 0.25) is 0 Å². The van der Waals surface area contributed by atoms with Crippen LogP contribution in [0.3, 0.4) is 0 Å². The van der Waals surface area contributed by atoms with Gasteiger partial charge in [-0.25, -0.2) is 0 Å². The first-order chi connectivity index (χ1) is 9.72. The lowest BCUT2D eigenvalue weighted by Gasteiger charge is -2.34. The zero-order chi connectivity index (χ0) is 17.9. The Balaban J connectivity index is 5.76. The van der Waals surface area contributed by atoms with Gasteiger partial charge >= 0.3 is 12.1 Å². The van der Waals surface area contributed by atoms with E-state index < -0.39 is 47.9 Å². The number of alkyl halides is 3. The van der Waals surface area contributed by atoms with Gasteiger partial charge in [-0.15, -0.1) is 0 Å². The molecule has 0 rings (SSSR count). The highest BCUT2D eigenvalue weighted by Crippen LogP contribution is 2.23.